The zero-order valence-corrected chi connectivity index (χ0v) is 15.4. The average molecular weight is 381 g/mol. The molecule has 1 atom stereocenters. The summed E-state index contributed by atoms with van der Waals surface area (Å²) in [7, 11) is -3.59. The van der Waals surface area contributed by atoms with Crippen LogP contribution in [0.1, 0.15) is 30.3 Å². The molecule has 4 rings (SSSR count). The molecule has 2 heterocycles. The van der Waals surface area contributed by atoms with Gasteiger partial charge in [0, 0.05) is 17.5 Å². The first-order valence-electron chi connectivity index (χ1n) is 8.77. The molecule has 2 aromatic carbocycles. The molecule has 27 heavy (non-hydrogen) atoms. The van der Waals surface area contributed by atoms with Crippen molar-refractivity contribution in [3.8, 4) is 11.4 Å². The lowest BCUT2D eigenvalue weighted by molar-refractivity contribution is 0.292. The van der Waals surface area contributed by atoms with Crippen LogP contribution in [0.25, 0.3) is 17.5 Å². The van der Waals surface area contributed by atoms with E-state index in [0.717, 1.165) is 17.5 Å². The first kappa shape index (κ1) is 17.6. The maximum atomic E-state index is 12.8. The van der Waals surface area contributed by atoms with Gasteiger partial charge in [0.2, 0.25) is 21.7 Å². The number of hydrogen-bond acceptors (Lipinski definition) is 5. The predicted molar refractivity (Wildman–Crippen MR) is 103 cm³/mol. The van der Waals surface area contributed by atoms with E-state index in [1.807, 2.05) is 60.7 Å². The predicted octanol–water partition coefficient (Wildman–Crippen LogP) is 3.87. The molecular weight excluding hydrogens is 362 g/mol. The molecule has 0 amide bonds. The van der Waals surface area contributed by atoms with Crippen LogP contribution in [0.5, 0.6) is 0 Å². The molecule has 1 fully saturated rings. The number of rotatable bonds is 5. The van der Waals surface area contributed by atoms with Crippen molar-refractivity contribution in [2.24, 2.45) is 0 Å². The lowest BCUT2D eigenvalue weighted by atomic mass is 10.2. The summed E-state index contributed by atoms with van der Waals surface area (Å²) in [6.07, 6.45) is 3.02. The second-order valence-electron chi connectivity index (χ2n) is 6.35. The van der Waals surface area contributed by atoms with Crippen LogP contribution in [0, 0.1) is 0 Å². The van der Waals surface area contributed by atoms with Crippen molar-refractivity contribution in [2.75, 3.05) is 6.54 Å². The molecule has 0 saturated carbocycles. The summed E-state index contributed by atoms with van der Waals surface area (Å²) >= 11 is 0. The Bertz CT molecular complexity index is 1030. The van der Waals surface area contributed by atoms with Crippen molar-refractivity contribution in [3.05, 3.63) is 77.5 Å². The maximum Gasteiger partial charge on any atom is 0.245 e. The topological polar surface area (TPSA) is 76.3 Å². The van der Waals surface area contributed by atoms with Gasteiger partial charge in [0.1, 0.15) is 6.04 Å². The van der Waals surface area contributed by atoms with E-state index < -0.39 is 16.1 Å². The smallest absolute Gasteiger partial charge is 0.245 e. The summed E-state index contributed by atoms with van der Waals surface area (Å²) in [6.45, 7) is 0.440. The minimum Gasteiger partial charge on any atom is -0.337 e. The van der Waals surface area contributed by atoms with E-state index in [0.29, 0.717) is 24.7 Å². The number of nitrogens with zero attached hydrogens (tertiary/aromatic N) is 3. The van der Waals surface area contributed by atoms with E-state index in [-0.39, 0.29) is 0 Å². The van der Waals surface area contributed by atoms with Gasteiger partial charge < -0.3 is 4.52 Å². The molecule has 1 aliphatic rings. The van der Waals surface area contributed by atoms with Gasteiger partial charge in [-0.25, -0.2) is 8.42 Å². The van der Waals surface area contributed by atoms with E-state index in [2.05, 4.69) is 10.1 Å². The average Bonchev–Trinajstić information content (AvgIpc) is 3.38. The second kappa shape index (κ2) is 7.46. The summed E-state index contributed by atoms with van der Waals surface area (Å²) in [5.74, 6) is 0.803. The highest BCUT2D eigenvalue weighted by atomic mass is 32.2. The monoisotopic (exact) mass is 381 g/mol. The SMILES string of the molecule is O=S(=O)(/C=C/c1ccccc1)N1CCCC1c1nc(-c2ccccc2)no1. The Hall–Kier alpha value is -2.77. The third-order valence-electron chi connectivity index (χ3n) is 4.52. The minimum atomic E-state index is -3.59. The van der Waals surface area contributed by atoms with E-state index in [9.17, 15) is 8.42 Å². The Morgan fingerprint density at radius 3 is 2.48 bits per heavy atom. The highest BCUT2D eigenvalue weighted by Gasteiger charge is 2.37. The fourth-order valence-electron chi connectivity index (χ4n) is 3.17. The summed E-state index contributed by atoms with van der Waals surface area (Å²) in [5.41, 5.74) is 1.67. The molecule has 6 nitrogen and oxygen atoms in total. The van der Waals surface area contributed by atoms with Crippen LogP contribution in [0.15, 0.2) is 70.6 Å². The van der Waals surface area contributed by atoms with Crippen molar-refractivity contribution >= 4 is 16.1 Å². The molecule has 0 bridgehead atoms. The Morgan fingerprint density at radius 1 is 1.04 bits per heavy atom. The summed E-state index contributed by atoms with van der Waals surface area (Å²) < 4.78 is 32.5. The highest BCUT2D eigenvalue weighted by molar-refractivity contribution is 7.92. The highest BCUT2D eigenvalue weighted by Crippen LogP contribution is 2.34. The Morgan fingerprint density at radius 2 is 1.74 bits per heavy atom. The first-order valence-corrected chi connectivity index (χ1v) is 10.3. The summed E-state index contributed by atoms with van der Waals surface area (Å²) in [4.78, 5) is 4.44. The lowest BCUT2D eigenvalue weighted by Gasteiger charge is -2.19. The molecule has 0 N–H and O–H groups in total. The largest absolute Gasteiger partial charge is 0.337 e. The van der Waals surface area contributed by atoms with Gasteiger partial charge in [0.15, 0.2) is 0 Å². The van der Waals surface area contributed by atoms with Gasteiger partial charge in [-0.05, 0) is 24.5 Å². The van der Waals surface area contributed by atoms with Crippen molar-refractivity contribution < 1.29 is 12.9 Å². The van der Waals surface area contributed by atoms with Gasteiger partial charge in [-0.2, -0.15) is 9.29 Å². The second-order valence-corrected chi connectivity index (χ2v) is 8.12. The molecule has 7 heteroatoms. The minimum absolute atomic E-state index is 0.336. The van der Waals surface area contributed by atoms with Crippen molar-refractivity contribution in [2.45, 2.75) is 18.9 Å². The van der Waals surface area contributed by atoms with Crippen LogP contribution in [-0.2, 0) is 10.0 Å². The Labute approximate surface area is 158 Å². The van der Waals surface area contributed by atoms with Crippen LogP contribution < -0.4 is 0 Å². The molecule has 0 aliphatic carbocycles. The lowest BCUT2D eigenvalue weighted by Crippen LogP contribution is -2.29. The van der Waals surface area contributed by atoms with Crippen LogP contribution in [-0.4, -0.2) is 29.4 Å². The van der Waals surface area contributed by atoms with Gasteiger partial charge in [-0.3, -0.25) is 0 Å². The summed E-state index contributed by atoms with van der Waals surface area (Å²) in [5, 5.41) is 5.26. The Kier molecular flexibility index (Phi) is 4.87. The normalized spacial score (nSPS) is 18.3. The van der Waals surface area contributed by atoms with Gasteiger partial charge in [-0.15, -0.1) is 0 Å². The molecule has 1 aromatic heterocycles. The quantitative estimate of drug-likeness (QED) is 0.670. The van der Waals surface area contributed by atoms with Gasteiger partial charge in [0.05, 0.1) is 0 Å². The molecule has 1 aliphatic heterocycles. The van der Waals surface area contributed by atoms with Crippen LogP contribution in [0.3, 0.4) is 0 Å². The number of benzene rings is 2. The molecule has 3 aromatic rings. The van der Waals surface area contributed by atoms with E-state index >= 15 is 0 Å². The van der Waals surface area contributed by atoms with Crippen LogP contribution in [0.4, 0.5) is 0 Å². The molecule has 1 saturated heterocycles. The zero-order chi connectivity index (χ0) is 18.7. The number of hydrogen-bond donors (Lipinski definition) is 0. The molecule has 0 radical (unpaired) electrons. The number of sulfonamides is 1. The van der Waals surface area contributed by atoms with Gasteiger partial charge in [0.25, 0.3) is 0 Å². The molecular formula is C20H19N3O3S. The third-order valence-corrected chi connectivity index (χ3v) is 6.09. The van der Waals surface area contributed by atoms with Crippen molar-refractivity contribution in [1.82, 2.24) is 14.4 Å². The standard InChI is InChI=1S/C20H19N3O3S/c24-27(25,15-13-16-8-3-1-4-9-16)23-14-7-12-18(23)20-21-19(22-26-20)17-10-5-2-6-11-17/h1-6,8-11,13,15,18H,7,12,14H2/b15-13+. The van der Waals surface area contributed by atoms with Crippen LogP contribution in [0.2, 0.25) is 0 Å². The van der Waals surface area contributed by atoms with Gasteiger partial charge in [-0.1, -0.05) is 65.8 Å². The first-order chi connectivity index (χ1) is 13.1. The molecule has 0 spiro atoms. The fraction of sp³-hybridized carbons (Fsp3) is 0.200. The van der Waals surface area contributed by atoms with E-state index in [1.165, 1.54) is 9.71 Å². The van der Waals surface area contributed by atoms with E-state index in [4.69, 9.17) is 4.52 Å². The van der Waals surface area contributed by atoms with Crippen molar-refractivity contribution in [3.63, 3.8) is 0 Å². The molecule has 138 valence electrons. The maximum absolute atomic E-state index is 12.8. The van der Waals surface area contributed by atoms with Gasteiger partial charge >= 0.3 is 0 Å². The van der Waals surface area contributed by atoms with E-state index in [1.54, 1.807) is 6.08 Å². The summed E-state index contributed by atoms with van der Waals surface area (Å²) in [6, 6.07) is 18.4. The van der Waals surface area contributed by atoms with Crippen LogP contribution >= 0.6 is 0 Å². The number of aromatic nitrogens is 2. The Balaban J connectivity index is 1.57. The third kappa shape index (κ3) is 3.84. The fourth-order valence-corrected chi connectivity index (χ4v) is 4.59. The molecule has 1 unspecified atom stereocenters. The zero-order valence-electron chi connectivity index (χ0n) is 14.6. The van der Waals surface area contributed by atoms with Crippen molar-refractivity contribution in [1.29, 1.82) is 0 Å².